The van der Waals surface area contributed by atoms with E-state index in [9.17, 15) is 13.2 Å². The summed E-state index contributed by atoms with van der Waals surface area (Å²) in [5, 5.41) is 6.94. The Kier molecular flexibility index (Phi) is 6.67. The number of hydrogen-bond acceptors (Lipinski definition) is 7. The highest BCUT2D eigenvalue weighted by Crippen LogP contribution is 2.35. The Bertz CT molecular complexity index is 1100. The van der Waals surface area contributed by atoms with E-state index in [0.29, 0.717) is 43.2 Å². The average molecular weight is 478 g/mol. The van der Waals surface area contributed by atoms with Crippen molar-refractivity contribution in [2.24, 2.45) is 11.8 Å². The maximum absolute atomic E-state index is 13.1. The van der Waals surface area contributed by atoms with Crippen molar-refractivity contribution < 1.29 is 27.2 Å². The first-order valence-corrected chi connectivity index (χ1v) is 12.8. The van der Waals surface area contributed by atoms with E-state index >= 15 is 0 Å². The van der Waals surface area contributed by atoms with Crippen LogP contribution in [0.2, 0.25) is 0 Å². The Hall–Kier alpha value is -2.59. The van der Waals surface area contributed by atoms with Crippen molar-refractivity contribution in [3.8, 4) is 11.5 Å². The Morgan fingerprint density at radius 3 is 2.39 bits per heavy atom. The summed E-state index contributed by atoms with van der Waals surface area (Å²) in [4.78, 5) is 13.2. The molecule has 0 saturated carbocycles. The molecular formula is C23H31N3O6S. The van der Waals surface area contributed by atoms with Crippen LogP contribution in [0.15, 0.2) is 27.6 Å². The van der Waals surface area contributed by atoms with Crippen molar-refractivity contribution in [2.45, 2.75) is 51.5 Å². The molecule has 1 unspecified atom stereocenters. The fourth-order valence-corrected chi connectivity index (χ4v) is 6.25. The molecule has 10 heteroatoms. The number of sulfonamides is 1. The van der Waals surface area contributed by atoms with Crippen LogP contribution in [0.25, 0.3) is 0 Å². The van der Waals surface area contributed by atoms with Crippen LogP contribution in [0.4, 0.5) is 0 Å². The van der Waals surface area contributed by atoms with E-state index in [0.717, 1.165) is 5.56 Å². The van der Waals surface area contributed by atoms with Crippen LogP contribution in [0.3, 0.4) is 0 Å². The van der Waals surface area contributed by atoms with Crippen LogP contribution in [0, 0.1) is 25.7 Å². The summed E-state index contributed by atoms with van der Waals surface area (Å²) < 4.78 is 43.8. The highest BCUT2D eigenvalue weighted by Gasteiger charge is 2.36. The van der Waals surface area contributed by atoms with Crippen molar-refractivity contribution in [3.05, 3.63) is 35.2 Å². The summed E-state index contributed by atoms with van der Waals surface area (Å²) in [5.74, 6) is 1.54. The fourth-order valence-electron chi connectivity index (χ4n) is 4.49. The van der Waals surface area contributed by atoms with Crippen molar-refractivity contribution in [2.75, 3.05) is 26.3 Å². The van der Waals surface area contributed by atoms with Crippen LogP contribution < -0.4 is 14.8 Å². The summed E-state index contributed by atoms with van der Waals surface area (Å²) in [6, 6.07) is 5.58. The van der Waals surface area contributed by atoms with E-state index in [1.807, 2.05) is 18.2 Å². The minimum atomic E-state index is -3.70. The Morgan fingerprint density at radius 1 is 1.12 bits per heavy atom. The van der Waals surface area contributed by atoms with E-state index in [4.69, 9.17) is 14.0 Å². The molecule has 2 aliphatic heterocycles. The van der Waals surface area contributed by atoms with Gasteiger partial charge in [0.05, 0.1) is 6.04 Å². The van der Waals surface area contributed by atoms with Gasteiger partial charge < -0.3 is 19.3 Å². The van der Waals surface area contributed by atoms with E-state index in [2.05, 4.69) is 24.3 Å². The number of amides is 1. The van der Waals surface area contributed by atoms with Gasteiger partial charge in [0.2, 0.25) is 15.9 Å². The zero-order valence-electron chi connectivity index (χ0n) is 19.5. The largest absolute Gasteiger partial charge is 0.486 e. The molecule has 1 atom stereocenters. The fraction of sp³-hybridized carbons (Fsp3) is 0.565. The molecule has 9 nitrogen and oxygen atoms in total. The molecule has 2 aliphatic rings. The van der Waals surface area contributed by atoms with E-state index in [1.165, 1.54) is 4.31 Å². The third-order valence-corrected chi connectivity index (χ3v) is 8.42. The van der Waals surface area contributed by atoms with Crippen LogP contribution >= 0.6 is 0 Å². The Morgan fingerprint density at radius 2 is 1.79 bits per heavy atom. The first kappa shape index (κ1) is 23.6. The third-order valence-electron chi connectivity index (χ3n) is 6.28. The molecule has 3 heterocycles. The maximum Gasteiger partial charge on any atom is 0.248 e. The molecular weight excluding hydrogens is 446 g/mol. The maximum atomic E-state index is 13.1. The van der Waals surface area contributed by atoms with Gasteiger partial charge in [-0.2, -0.15) is 4.31 Å². The van der Waals surface area contributed by atoms with E-state index in [-0.39, 0.29) is 47.5 Å². The SMILES string of the molecule is Cc1noc(C)c1S(=O)(=O)N1CCC(C(=O)NC(c2ccc3c(c2)OCCO3)C(C)C)CC1. The Labute approximate surface area is 194 Å². The molecule has 33 heavy (non-hydrogen) atoms. The normalized spacial score (nSPS) is 18.3. The lowest BCUT2D eigenvalue weighted by molar-refractivity contribution is -0.127. The molecule has 1 N–H and O–H groups in total. The highest BCUT2D eigenvalue weighted by atomic mass is 32.2. The lowest BCUT2D eigenvalue weighted by Crippen LogP contribution is -2.44. The second kappa shape index (κ2) is 9.34. The topological polar surface area (TPSA) is 111 Å². The minimum Gasteiger partial charge on any atom is -0.486 e. The Balaban J connectivity index is 1.42. The van der Waals surface area contributed by atoms with Crippen LogP contribution in [-0.4, -0.2) is 50.1 Å². The first-order valence-electron chi connectivity index (χ1n) is 11.3. The number of aryl methyl sites for hydroxylation is 2. The molecule has 1 saturated heterocycles. The smallest absolute Gasteiger partial charge is 0.248 e. The van der Waals surface area contributed by atoms with Crippen molar-refractivity contribution in [1.82, 2.24) is 14.8 Å². The zero-order valence-corrected chi connectivity index (χ0v) is 20.3. The van der Waals surface area contributed by atoms with Gasteiger partial charge in [-0.05, 0) is 50.3 Å². The van der Waals surface area contributed by atoms with Gasteiger partial charge in [0, 0.05) is 19.0 Å². The predicted molar refractivity (Wildman–Crippen MR) is 121 cm³/mol. The number of ether oxygens (including phenoxy) is 2. The molecule has 1 fully saturated rings. The van der Waals surface area contributed by atoms with Crippen molar-refractivity contribution in [1.29, 1.82) is 0 Å². The van der Waals surface area contributed by atoms with Crippen LogP contribution in [0.5, 0.6) is 11.5 Å². The number of nitrogens with one attached hydrogen (secondary N) is 1. The van der Waals surface area contributed by atoms with Gasteiger partial charge in [0.15, 0.2) is 17.3 Å². The summed E-state index contributed by atoms with van der Waals surface area (Å²) >= 11 is 0. The van der Waals surface area contributed by atoms with Gasteiger partial charge in [-0.1, -0.05) is 25.1 Å². The molecule has 0 bridgehead atoms. The monoisotopic (exact) mass is 477 g/mol. The number of piperidine rings is 1. The second-order valence-corrected chi connectivity index (χ2v) is 10.8. The quantitative estimate of drug-likeness (QED) is 0.681. The first-order chi connectivity index (χ1) is 15.7. The lowest BCUT2D eigenvalue weighted by Gasteiger charge is -2.32. The molecule has 4 rings (SSSR count). The van der Waals surface area contributed by atoms with E-state index in [1.54, 1.807) is 13.8 Å². The molecule has 0 aliphatic carbocycles. The summed E-state index contributed by atoms with van der Waals surface area (Å²) in [6.07, 6.45) is 0.917. The third kappa shape index (κ3) is 4.72. The van der Waals surface area contributed by atoms with Crippen molar-refractivity contribution in [3.63, 3.8) is 0 Å². The molecule has 1 amide bonds. The molecule has 1 aromatic carbocycles. The van der Waals surface area contributed by atoms with Gasteiger partial charge in [-0.25, -0.2) is 8.42 Å². The zero-order chi connectivity index (χ0) is 23.8. The number of aromatic nitrogens is 1. The van der Waals surface area contributed by atoms with Gasteiger partial charge in [-0.15, -0.1) is 0 Å². The summed E-state index contributed by atoms with van der Waals surface area (Å²) in [7, 11) is -3.70. The number of carbonyl (C=O) groups is 1. The van der Waals surface area contributed by atoms with Gasteiger partial charge in [0.25, 0.3) is 0 Å². The number of nitrogens with zero attached hydrogens (tertiary/aromatic N) is 2. The standard InChI is InChI=1S/C23H31N3O6S/c1-14(2)21(18-5-6-19-20(13-18)31-12-11-30-19)24-23(27)17-7-9-26(10-8-17)33(28,29)22-15(3)25-32-16(22)4/h5-6,13-14,17,21H,7-12H2,1-4H3,(H,24,27). The van der Waals surface area contributed by atoms with Gasteiger partial charge in [-0.3, -0.25) is 4.79 Å². The van der Waals surface area contributed by atoms with Gasteiger partial charge >= 0.3 is 0 Å². The van der Waals surface area contributed by atoms with Gasteiger partial charge in [0.1, 0.15) is 23.8 Å². The number of carbonyl (C=O) groups excluding carboxylic acids is 1. The molecule has 1 aromatic heterocycles. The lowest BCUT2D eigenvalue weighted by atomic mass is 9.92. The van der Waals surface area contributed by atoms with E-state index < -0.39 is 10.0 Å². The molecule has 0 radical (unpaired) electrons. The van der Waals surface area contributed by atoms with Crippen LogP contribution in [-0.2, 0) is 14.8 Å². The molecule has 0 spiro atoms. The predicted octanol–water partition coefficient (Wildman–Crippen LogP) is 2.98. The minimum absolute atomic E-state index is 0.0574. The molecule has 180 valence electrons. The number of rotatable bonds is 6. The van der Waals surface area contributed by atoms with Crippen LogP contribution in [0.1, 0.15) is 49.7 Å². The average Bonchev–Trinajstić information content (AvgIpc) is 3.15. The number of benzene rings is 1. The summed E-state index contributed by atoms with van der Waals surface area (Å²) in [5.41, 5.74) is 1.31. The highest BCUT2D eigenvalue weighted by molar-refractivity contribution is 7.89. The number of hydrogen-bond donors (Lipinski definition) is 1. The number of fused-ring (bicyclic) bond motifs is 1. The summed E-state index contributed by atoms with van der Waals surface area (Å²) in [6.45, 7) is 8.92. The van der Waals surface area contributed by atoms with Crippen molar-refractivity contribution >= 4 is 15.9 Å². The second-order valence-electron chi connectivity index (χ2n) is 8.97. The molecule has 2 aromatic rings.